The van der Waals surface area contributed by atoms with Gasteiger partial charge in [0.1, 0.15) is 0 Å². The van der Waals surface area contributed by atoms with Crippen molar-refractivity contribution in [2.24, 2.45) is 0 Å². The molecule has 0 fully saturated rings. The Hall–Kier alpha value is -2.60. The second-order valence-corrected chi connectivity index (χ2v) is 10.2. The molecule has 0 spiro atoms. The molecule has 0 N–H and O–H groups in total. The SMILES string of the molecule is COc1cc(C(Br)CCCCCCC(Br)c2cc(OC)c(OC)cc2[N+](=O)[O-])c([N+](=O)[O-])cc1OC. The quantitative estimate of drug-likeness (QED) is 0.0857. The van der Waals surface area contributed by atoms with Gasteiger partial charge in [-0.1, -0.05) is 57.5 Å². The summed E-state index contributed by atoms with van der Waals surface area (Å²) >= 11 is 7.18. The van der Waals surface area contributed by atoms with Gasteiger partial charge in [-0.05, 0) is 25.0 Å². The van der Waals surface area contributed by atoms with Crippen molar-refractivity contribution in [1.82, 2.24) is 0 Å². The molecule has 0 aliphatic heterocycles. The van der Waals surface area contributed by atoms with Crippen molar-refractivity contribution >= 4 is 43.2 Å². The van der Waals surface area contributed by atoms with Gasteiger partial charge in [0.25, 0.3) is 11.4 Å². The van der Waals surface area contributed by atoms with Crippen LogP contribution < -0.4 is 18.9 Å². The molecule has 0 aliphatic carbocycles. The van der Waals surface area contributed by atoms with Crippen molar-refractivity contribution in [3.8, 4) is 23.0 Å². The second-order valence-electron chi connectivity index (χ2n) is 7.97. The van der Waals surface area contributed by atoms with Gasteiger partial charge in [0.15, 0.2) is 23.0 Å². The summed E-state index contributed by atoms with van der Waals surface area (Å²) in [6, 6.07) is 6.04. The number of ether oxygens (including phenoxy) is 4. The number of hydrogen-bond donors (Lipinski definition) is 0. The Balaban J connectivity index is 1.93. The third kappa shape index (κ3) is 7.45. The highest BCUT2D eigenvalue weighted by atomic mass is 79.9. The fraction of sp³-hybridized carbons (Fsp3) is 0.500. The molecule has 2 atom stereocenters. The van der Waals surface area contributed by atoms with E-state index in [4.69, 9.17) is 18.9 Å². The van der Waals surface area contributed by atoms with E-state index in [1.807, 2.05) is 0 Å². The number of hydrogen-bond acceptors (Lipinski definition) is 8. The van der Waals surface area contributed by atoms with Crippen LogP contribution in [0.3, 0.4) is 0 Å². The summed E-state index contributed by atoms with van der Waals surface area (Å²) in [7, 11) is 5.86. The second kappa shape index (κ2) is 14.2. The Morgan fingerprint density at radius 2 is 0.944 bits per heavy atom. The van der Waals surface area contributed by atoms with E-state index >= 15 is 0 Å². The van der Waals surface area contributed by atoms with Crippen molar-refractivity contribution < 1.29 is 28.8 Å². The third-order valence-corrected chi connectivity index (χ3v) is 7.70. The van der Waals surface area contributed by atoms with Gasteiger partial charge in [0, 0.05) is 20.8 Å². The lowest BCUT2D eigenvalue weighted by molar-refractivity contribution is -0.385. The highest BCUT2D eigenvalue weighted by Gasteiger charge is 2.25. The maximum absolute atomic E-state index is 11.6. The number of unbranched alkanes of at least 4 members (excludes halogenated alkanes) is 3. The number of benzene rings is 2. The highest BCUT2D eigenvalue weighted by Crippen LogP contribution is 2.43. The number of nitro benzene ring substituents is 2. The van der Waals surface area contributed by atoms with Gasteiger partial charge in [-0.25, -0.2) is 0 Å². The number of nitrogens with zero attached hydrogens (tertiary/aromatic N) is 2. The molecule has 0 saturated carbocycles. The minimum absolute atomic E-state index is 0.0202. The van der Waals surface area contributed by atoms with Gasteiger partial charge in [0.05, 0.1) is 50.4 Å². The minimum Gasteiger partial charge on any atom is -0.493 e. The van der Waals surface area contributed by atoms with Gasteiger partial charge >= 0.3 is 0 Å². The van der Waals surface area contributed by atoms with Crippen LogP contribution in [0.1, 0.15) is 59.3 Å². The van der Waals surface area contributed by atoms with Crippen LogP contribution in [0.25, 0.3) is 0 Å². The normalized spacial score (nSPS) is 12.5. The van der Waals surface area contributed by atoms with Crippen LogP contribution in [0, 0.1) is 20.2 Å². The summed E-state index contributed by atoms with van der Waals surface area (Å²) < 4.78 is 21.0. The zero-order valence-electron chi connectivity index (χ0n) is 20.6. The largest absolute Gasteiger partial charge is 0.493 e. The molecule has 2 aromatic rings. The lowest BCUT2D eigenvalue weighted by Crippen LogP contribution is -2.02. The number of methoxy groups -OCH3 is 4. The van der Waals surface area contributed by atoms with Gasteiger partial charge < -0.3 is 18.9 Å². The Morgan fingerprint density at radius 3 is 1.22 bits per heavy atom. The van der Waals surface area contributed by atoms with Crippen molar-refractivity contribution in [1.29, 1.82) is 0 Å². The van der Waals surface area contributed by atoms with Gasteiger partial charge in [0.2, 0.25) is 0 Å². The van der Waals surface area contributed by atoms with Gasteiger partial charge in [-0.15, -0.1) is 0 Å². The topological polar surface area (TPSA) is 123 Å². The summed E-state index contributed by atoms with van der Waals surface area (Å²) in [5.41, 5.74) is 1.04. The van der Waals surface area contributed by atoms with Crippen LogP contribution in [0.4, 0.5) is 11.4 Å². The van der Waals surface area contributed by atoms with E-state index in [1.165, 1.54) is 40.6 Å². The molecule has 10 nitrogen and oxygen atoms in total. The molecular weight excluding hydrogens is 604 g/mol. The molecule has 198 valence electrons. The van der Waals surface area contributed by atoms with Crippen molar-refractivity contribution in [3.63, 3.8) is 0 Å². The molecular formula is C24H30Br2N2O8. The average Bonchev–Trinajstić information content (AvgIpc) is 2.88. The van der Waals surface area contributed by atoms with Crippen LogP contribution in [-0.2, 0) is 0 Å². The Bertz CT molecular complexity index is 983. The predicted molar refractivity (Wildman–Crippen MR) is 143 cm³/mol. The zero-order valence-corrected chi connectivity index (χ0v) is 23.8. The fourth-order valence-electron chi connectivity index (χ4n) is 3.90. The molecule has 0 heterocycles. The first-order valence-electron chi connectivity index (χ1n) is 11.3. The van der Waals surface area contributed by atoms with Crippen LogP contribution in [0.15, 0.2) is 24.3 Å². The number of rotatable bonds is 15. The first-order chi connectivity index (χ1) is 17.2. The smallest absolute Gasteiger partial charge is 0.277 e. The molecule has 0 saturated heterocycles. The first-order valence-corrected chi connectivity index (χ1v) is 13.1. The molecule has 36 heavy (non-hydrogen) atoms. The third-order valence-electron chi connectivity index (χ3n) is 5.80. The molecule has 0 bridgehead atoms. The highest BCUT2D eigenvalue weighted by molar-refractivity contribution is 9.09. The van der Waals surface area contributed by atoms with E-state index in [9.17, 15) is 20.2 Å². The Morgan fingerprint density at radius 1 is 0.639 bits per heavy atom. The molecule has 2 unspecified atom stereocenters. The maximum atomic E-state index is 11.6. The van der Waals surface area contributed by atoms with Crippen LogP contribution in [0.5, 0.6) is 23.0 Å². The summed E-state index contributed by atoms with van der Waals surface area (Å²) in [6.45, 7) is 0. The van der Waals surface area contributed by atoms with Gasteiger partial charge in [-0.3, -0.25) is 20.2 Å². The summed E-state index contributed by atoms with van der Waals surface area (Å²) in [5.74, 6) is 1.50. The molecule has 0 radical (unpaired) electrons. The monoisotopic (exact) mass is 632 g/mol. The predicted octanol–water partition coefficient (Wildman–Crippen LogP) is 7.45. The Kier molecular flexibility index (Phi) is 11.7. The molecule has 0 amide bonds. The van der Waals surface area contributed by atoms with E-state index in [0.29, 0.717) is 47.0 Å². The summed E-state index contributed by atoms with van der Waals surface area (Å²) in [4.78, 5) is 21.9. The fourth-order valence-corrected chi connectivity index (χ4v) is 5.28. The van der Waals surface area contributed by atoms with Crippen LogP contribution in [0.2, 0.25) is 0 Å². The summed E-state index contributed by atoms with van der Waals surface area (Å²) in [5, 5.41) is 23.1. The molecule has 0 aliphatic rings. The average molecular weight is 634 g/mol. The van der Waals surface area contributed by atoms with Crippen LogP contribution >= 0.6 is 31.9 Å². The number of alkyl halides is 2. The van der Waals surface area contributed by atoms with E-state index < -0.39 is 9.85 Å². The van der Waals surface area contributed by atoms with Crippen molar-refractivity contribution in [2.75, 3.05) is 28.4 Å². The van der Waals surface area contributed by atoms with Crippen molar-refractivity contribution in [3.05, 3.63) is 55.6 Å². The van der Waals surface area contributed by atoms with E-state index in [-0.39, 0.29) is 21.0 Å². The number of halogens is 2. The molecule has 12 heteroatoms. The minimum atomic E-state index is -0.422. The van der Waals surface area contributed by atoms with Gasteiger partial charge in [-0.2, -0.15) is 0 Å². The van der Waals surface area contributed by atoms with Crippen LogP contribution in [-0.4, -0.2) is 38.3 Å². The lowest BCUT2D eigenvalue weighted by atomic mass is 10.0. The summed E-state index contributed by atoms with van der Waals surface area (Å²) in [6.07, 6.45) is 4.94. The van der Waals surface area contributed by atoms with E-state index in [1.54, 1.807) is 12.1 Å². The van der Waals surface area contributed by atoms with Crippen molar-refractivity contribution in [2.45, 2.75) is 48.2 Å². The molecule has 0 aromatic heterocycles. The Labute approximate surface area is 226 Å². The molecule has 2 aromatic carbocycles. The maximum Gasteiger partial charge on any atom is 0.277 e. The van der Waals surface area contributed by atoms with E-state index in [0.717, 1.165) is 25.7 Å². The zero-order chi connectivity index (χ0) is 26.8. The lowest BCUT2D eigenvalue weighted by Gasteiger charge is -2.15. The first kappa shape index (κ1) is 29.6. The number of nitro groups is 2. The standard InChI is InChI=1S/C24H30Br2N2O8/c1-33-21-11-15(19(27(29)30)13-23(21)35-3)17(25)9-7-5-6-8-10-18(26)16-12-22(34-2)24(36-4)14-20(16)28(31)32/h11-14,17-18H,5-10H2,1-4H3. The van der Waals surface area contributed by atoms with E-state index in [2.05, 4.69) is 31.9 Å². The molecule has 2 rings (SSSR count).